The number of esters is 1. The molecule has 0 aliphatic carbocycles. The van der Waals surface area contributed by atoms with E-state index in [1.165, 1.54) is 0 Å². The summed E-state index contributed by atoms with van der Waals surface area (Å²) in [5.74, 6) is 0.472. The molecule has 0 aromatic heterocycles. The van der Waals surface area contributed by atoms with E-state index >= 15 is 0 Å². The Hall–Kier alpha value is -1.51. The molecule has 0 N–H and O–H groups in total. The summed E-state index contributed by atoms with van der Waals surface area (Å²) >= 11 is 0. The van der Waals surface area contributed by atoms with E-state index in [9.17, 15) is 4.79 Å². The van der Waals surface area contributed by atoms with Gasteiger partial charge in [0.15, 0.2) is 0 Å². The van der Waals surface area contributed by atoms with Crippen molar-refractivity contribution in [3.63, 3.8) is 0 Å². The van der Waals surface area contributed by atoms with E-state index in [2.05, 4.69) is 0 Å². The van der Waals surface area contributed by atoms with Crippen molar-refractivity contribution in [1.29, 1.82) is 0 Å². The van der Waals surface area contributed by atoms with Crippen molar-refractivity contribution in [2.45, 2.75) is 26.2 Å². The average Bonchev–Trinajstić information content (AvgIpc) is 2.29. The van der Waals surface area contributed by atoms with Crippen molar-refractivity contribution < 1.29 is 14.3 Å². The first-order chi connectivity index (χ1) is 7.54. The molecule has 1 aromatic carbocycles. The van der Waals surface area contributed by atoms with Crippen LogP contribution < -0.4 is 4.74 Å². The fraction of sp³-hybridized carbons (Fsp3) is 0.462. The molecule has 0 fully saturated rings. The summed E-state index contributed by atoms with van der Waals surface area (Å²) in [6, 6.07) is 7.49. The first kappa shape index (κ1) is 12.6. The van der Waals surface area contributed by atoms with Crippen LogP contribution in [0.2, 0.25) is 0 Å². The lowest BCUT2D eigenvalue weighted by molar-refractivity contribution is -0.148. The minimum atomic E-state index is -0.692. The summed E-state index contributed by atoms with van der Waals surface area (Å²) in [6.45, 7) is 5.86. The highest BCUT2D eigenvalue weighted by molar-refractivity contribution is 5.83. The second-order valence-electron chi connectivity index (χ2n) is 4.05. The Morgan fingerprint density at radius 2 is 1.94 bits per heavy atom. The molecule has 0 aliphatic rings. The minimum Gasteiger partial charge on any atom is -0.496 e. The minimum absolute atomic E-state index is 0.237. The SMILES string of the molecule is CCOC(=O)C(C)(C)c1ccccc1OC. The third-order valence-corrected chi connectivity index (χ3v) is 2.57. The number of methoxy groups -OCH3 is 1. The van der Waals surface area contributed by atoms with Crippen molar-refractivity contribution in [2.75, 3.05) is 13.7 Å². The van der Waals surface area contributed by atoms with E-state index in [-0.39, 0.29) is 5.97 Å². The van der Waals surface area contributed by atoms with Gasteiger partial charge in [-0.15, -0.1) is 0 Å². The lowest BCUT2D eigenvalue weighted by Gasteiger charge is -2.24. The lowest BCUT2D eigenvalue weighted by Crippen LogP contribution is -2.31. The molecule has 88 valence electrons. The van der Waals surface area contributed by atoms with Gasteiger partial charge in [0.05, 0.1) is 19.1 Å². The smallest absolute Gasteiger partial charge is 0.316 e. The predicted octanol–water partition coefficient (Wildman–Crippen LogP) is 2.54. The number of carbonyl (C=O) groups excluding carboxylic acids is 1. The van der Waals surface area contributed by atoms with E-state index in [1.807, 2.05) is 38.1 Å². The van der Waals surface area contributed by atoms with Gasteiger partial charge in [0.25, 0.3) is 0 Å². The molecule has 0 amide bonds. The van der Waals surface area contributed by atoms with E-state index < -0.39 is 5.41 Å². The third kappa shape index (κ3) is 2.35. The maximum Gasteiger partial charge on any atom is 0.316 e. The van der Waals surface area contributed by atoms with Crippen LogP contribution in [0.5, 0.6) is 5.75 Å². The number of hydrogen-bond donors (Lipinski definition) is 0. The molecule has 0 saturated carbocycles. The number of benzene rings is 1. The number of para-hydroxylation sites is 1. The quantitative estimate of drug-likeness (QED) is 0.734. The Kier molecular flexibility index (Phi) is 3.93. The van der Waals surface area contributed by atoms with E-state index in [4.69, 9.17) is 9.47 Å². The zero-order valence-corrected chi connectivity index (χ0v) is 10.2. The van der Waals surface area contributed by atoms with E-state index in [0.29, 0.717) is 12.4 Å². The second-order valence-corrected chi connectivity index (χ2v) is 4.05. The van der Waals surface area contributed by atoms with Gasteiger partial charge in [-0.25, -0.2) is 0 Å². The van der Waals surface area contributed by atoms with Gasteiger partial charge >= 0.3 is 5.97 Å². The Labute approximate surface area is 96.4 Å². The Morgan fingerprint density at radius 1 is 1.31 bits per heavy atom. The topological polar surface area (TPSA) is 35.5 Å². The summed E-state index contributed by atoms with van der Waals surface area (Å²) < 4.78 is 10.3. The van der Waals surface area contributed by atoms with Crippen LogP contribution in [0.1, 0.15) is 26.3 Å². The molecular weight excluding hydrogens is 204 g/mol. The summed E-state index contributed by atoms with van der Waals surface area (Å²) in [5.41, 5.74) is 0.152. The number of hydrogen-bond acceptors (Lipinski definition) is 3. The monoisotopic (exact) mass is 222 g/mol. The number of rotatable bonds is 4. The fourth-order valence-electron chi connectivity index (χ4n) is 1.58. The van der Waals surface area contributed by atoms with E-state index in [0.717, 1.165) is 5.56 Å². The maximum absolute atomic E-state index is 11.9. The van der Waals surface area contributed by atoms with Crippen LogP contribution in [0, 0.1) is 0 Å². The molecule has 16 heavy (non-hydrogen) atoms. The van der Waals surface area contributed by atoms with Gasteiger partial charge in [-0.3, -0.25) is 4.79 Å². The van der Waals surface area contributed by atoms with Gasteiger partial charge in [0.1, 0.15) is 5.75 Å². The Balaban J connectivity index is 3.10. The molecule has 0 saturated heterocycles. The van der Waals surface area contributed by atoms with Crippen molar-refractivity contribution in [3.05, 3.63) is 29.8 Å². The van der Waals surface area contributed by atoms with Crippen LogP contribution in [0.15, 0.2) is 24.3 Å². The van der Waals surface area contributed by atoms with Crippen molar-refractivity contribution in [3.8, 4) is 5.75 Å². The van der Waals surface area contributed by atoms with Crippen molar-refractivity contribution in [2.24, 2.45) is 0 Å². The van der Waals surface area contributed by atoms with Crippen LogP contribution in [-0.2, 0) is 14.9 Å². The summed E-state index contributed by atoms with van der Waals surface area (Å²) in [5, 5.41) is 0. The molecule has 0 spiro atoms. The highest BCUT2D eigenvalue weighted by Gasteiger charge is 2.33. The van der Waals surface area contributed by atoms with Crippen LogP contribution in [0.4, 0.5) is 0 Å². The standard InChI is InChI=1S/C13H18O3/c1-5-16-12(14)13(2,3)10-8-6-7-9-11(10)15-4/h6-9H,5H2,1-4H3. The van der Waals surface area contributed by atoms with Gasteiger partial charge in [-0.05, 0) is 26.8 Å². The molecule has 0 aliphatic heterocycles. The van der Waals surface area contributed by atoms with Gasteiger partial charge in [0, 0.05) is 5.56 Å². The molecule has 0 unspecified atom stereocenters. The van der Waals surface area contributed by atoms with E-state index in [1.54, 1.807) is 14.0 Å². The normalized spacial score (nSPS) is 11.0. The molecule has 0 heterocycles. The molecular formula is C13H18O3. The van der Waals surface area contributed by atoms with Gasteiger partial charge in [-0.2, -0.15) is 0 Å². The van der Waals surface area contributed by atoms with Crippen LogP contribution in [-0.4, -0.2) is 19.7 Å². The fourth-order valence-corrected chi connectivity index (χ4v) is 1.58. The second kappa shape index (κ2) is 5.01. The van der Waals surface area contributed by atoms with Gasteiger partial charge < -0.3 is 9.47 Å². The molecule has 1 rings (SSSR count). The Morgan fingerprint density at radius 3 is 2.50 bits per heavy atom. The summed E-state index contributed by atoms with van der Waals surface area (Å²) in [7, 11) is 1.60. The van der Waals surface area contributed by atoms with Crippen LogP contribution >= 0.6 is 0 Å². The largest absolute Gasteiger partial charge is 0.496 e. The molecule has 3 heteroatoms. The maximum atomic E-state index is 11.9. The first-order valence-electron chi connectivity index (χ1n) is 5.34. The average molecular weight is 222 g/mol. The highest BCUT2D eigenvalue weighted by Crippen LogP contribution is 2.32. The summed E-state index contributed by atoms with van der Waals surface area (Å²) in [4.78, 5) is 11.9. The Bertz CT molecular complexity index is 369. The summed E-state index contributed by atoms with van der Waals surface area (Å²) in [6.07, 6.45) is 0. The van der Waals surface area contributed by atoms with Crippen LogP contribution in [0.25, 0.3) is 0 Å². The predicted molar refractivity (Wildman–Crippen MR) is 62.7 cm³/mol. The highest BCUT2D eigenvalue weighted by atomic mass is 16.5. The molecule has 1 aromatic rings. The third-order valence-electron chi connectivity index (χ3n) is 2.57. The van der Waals surface area contributed by atoms with Crippen molar-refractivity contribution in [1.82, 2.24) is 0 Å². The molecule has 0 bridgehead atoms. The lowest BCUT2D eigenvalue weighted by atomic mass is 9.84. The zero-order valence-electron chi connectivity index (χ0n) is 10.2. The zero-order chi connectivity index (χ0) is 12.2. The van der Waals surface area contributed by atoms with Gasteiger partial charge in [-0.1, -0.05) is 18.2 Å². The number of carbonyl (C=O) groups is 1. The van der Waals surface area contributed by atoms with Crippen LogP contribution in [0.3, 0.4) is 0 Å². The number of ether oxygens (including phenoxy) is 2. The molecule has 0 atom stereocenters. The first-order valence-corrected chi connectivity index (χ1v) is 5.34. The van der Waals surface area contributed by atoms with Crippen molar-refractivity contribution >= 4 is 5.97 Å². The molecule has 3 nitrogen and oxygen atoms in total. The molecule has 0 radical (unpaired) electrons. The van der Waals surface area contributed by atoms with Gasteiger partial charge in [0.2, 0.25) is 0 Å².